The first-order valence-corrected chi connectivity index (χ1v) is 7.96. The lowest BCUT2D eigenvalue weighted by Crippen LogP contribution is -2.36. The Morgan fingerprint density at radius 2 is 2.08 bits per heavy atom. The van der Waals surface area contributed by atoms with Crippen molar-refractivity contribution < 1.29 is 23.9 Å². The van der Waals surface area contributed by atoms with Gasteiger partial charge in [-0.1, -0.05) is 12.5 Å². The number of nitrogens with zero attached hydrogens (tertiary/aromatic N) is 1. The quantitative estimate of drug-likeness (QED) is 0.799. The number of amides is 2. The van der Waals surface area contributed by atoms with Crippen molar-refractivity contribution in [3.8, 4) is 5.75 Å². The van der Waals surface area contributed by atoms with Crippen molar-refractivity contribution in [2.24, 2.45) is 0 Å². The number of methoxy groups -OCH3 is 1. The van der Waals surface area contributed by atoms with Crippen LogP contribution in [0.4, 0.5) is 5.69 Å². The number of esters is 1. The van der Waals surface area contributed by atoms with E-state index in [0.717, 1.165) is 19.3 Å². The Balaban J connectivity index is 1.76. The number of rotatable bonds is 6. The number of hydrogen-bond acceptors (Lipinski definition) is 5. The number of carbonyl (C=O) groups is 3. The highest BCUT2D eigenvalue weighted by Gasteiger charge is 2.20. The molecule has 1 heterocycles. The maximum Gasteiger partial charge on any atom is 0.326 e. The van der Waals surface area contributed by atoms with Gasteiger partial charge in [0, 0.05) is 24.7 Å². The second-order valence-electron chi connectivity index (χ2n) is 5.57. The summed E-state index contributed by atoms with van der Waals surface area (Å²) in [5.41, 5.74) is 0.554. The Labute approximate surface area is 140 Å². The molecule has 0 spiro atoms. The largest absolute Gasteiger partial charge is 0.497 e. The molecule has 7 heteroatoms. The van der Waals surface area contributed by atoms with Crippen LogP contribution in [0.2, 0.25) is 0 Å². The number of benzene rings is 1. The summed E-state index contributed by atoms with van der Waals surface area (Å²) in [4.78, 5) is 36.9. The van der Waals surface area contributed by atoms with Crippen LogP contribution in [0.5, 0.6) is 5.75 Å². The topological polar surface area (TPSA) is 84.9 Å². The van der Waals surface area contributed by atoms with E-state index in [1.54, 1.807) is 24.3 Å². The van der Waals surface area contributed by atoms with Crippen molar-refractivity contribution in [1.82, 2.24) is 4.90 Å². The van der Waals surface area contributed by atoms with Gasteiger partial charge < -0.3 is 19.7 Å². The van der Waals surface area contributed by atoms with Gasteiger partial charge in [0.05, 0.1) is 7.11 Å². The van der Waals surface area contributed by atoms with Gasteiger partial charge in [-0.25, -0.2) is 0 Å². The molecule has 1 N–H and O–H groups in total. The SMILES string of the molecule is COc1cccc(NC(=O)COC(=O)CN2CCCCCC2=O)c1. The van der Waals surface area contributed by atoms with E-state index in [9.17, 15) is 14.4 Å². The molecule has 0 unspecified atom stereocenters. The Morgan fingerprint density at radius 1 is 1.25 bits per heavy atom. The van der Waals surface area contributed by atoms with E-state index in [1.807, 2.05) is 0 Å². The monoisotopic (exact) mass is 334 g/mol. The predicted molar refractivity (Wildman–Crippen MR) is 87.6 cm³/mol. The minimum atomic E-state index is -0.578. The summed E-state index contributed by atoms with van der Waals surface area (Å²) in [6.07, 6.45) is 3.19. The van der Waals surface area contributed by atoms with E-state index in [0.29, 0.717) is 24.4 Å². The first-order valence-electron chi connectivity index (χ1n) is 7.96. The first-order chi connectivity index (χ1) is 11.6. The third kappa shape index (κ3) is 5.57. The fraction of sp³-hybridized carbons (Fsp3) is 0.471. The number of anilines is 1. The van der Waals surface area contributed by atoms with Crippen LogP contribution >= 0.6 is 0 Å². The highest BCUT2D eigenvalue weighted by Crippen LogP contribution is 2.16. The van der Waals surface area contributed by atoms with Crippen molar-refractivity contribution in [2.45, 2.75) is 25.7 Å². The van der Waals surface area contributed by atoms with Crippen molar-refractivity contribution >= 4 is 23.5 Å². The summed E-state index contributed by atoms with van der Waals surface area (Å²) in [6.45, 7) is 0.0628. The van der Waals surface area contributed by atoms with Crippen LogP contribution in [0.25, 0.3) is 0 Å². The van der Waals surface area contributed by atoms with Crippen LogP contribution in [0.15, 0.2) is 24.3 Å². The van der Waals surface area contributed by atoms with E-state index in [2.05, 4.69) is 5.32 Å². The molecule has 1 aromatic carbocycles. The van der Waals surface area contributed by atoms with E-state index in [-0.39, 0.29) is 12.5 Å². The second kappa shape index (κ2) is 8.90. The van der Waals surface area contributed by atoms with Gasteiger partial charge in [0.25, 0.3) is 5.91 Å². The molecule has 0 aromatic heterocycles. The van der Waals surface area contributed by atoms with E-state index < -0.39 is 18.5 Å². The molecule has 0 saturated carbocycles. The van der Waals surface area contributed by atoms with Gasteiger partial charge in [-0.2, -0.15) is 0 Å². The molecule has 2 rings (SSSR count). The Hall–Kier alpha value is -2.57. The van der Waals surface area contributed by atoms with Crippen LogP contribution in [0, 0.1) is 0 Å². The van der Waals surface area contributed by atoms with Crippen molar-refractivity contribution in [3.63, 3.8) is 0 Å². The predicted octanol–water partition coefficient (Wildman–Crippen LogP) is 1.58. The molecule has 1 aliphatic heterocycles. The lowest BCUT2D eigenvalue weighted by Gasteiger charge is -2.19. The van der Waals surface area contributed by atoms with Crippen molar-refractivity contribution in [3.05, 3.63) is 24.3 Å². The highest BCUT2D eigenvalue weighted by atomic mass is 16.5. The smallest absolute Gasteiger partial charge is 0.326 e. The van der Waals surface area contributed by atoms with Gasteiger partial charge in [-0.05, 0) is 25.0 Å². The number of ether oxygens (including phenoxy) is 2. The van der Waals surface area contributed by atoms with E-state index >= 15 is 0 Å². The highest BCUT2D eigenvalue weighted by molar-refractivity contribution is 5.93. The third-order valence-corrected chi connectivity index (χ3v) is 3.71. The zero-order valence-electron chi connectivity index (χ0n) is 13.7. The molecule has 0 radical (unpaired) electrons. The lowest BCUT2D eigenvalue weighted by molar-refractivity contribution is -0.151. The maximum atomic E-state index is 11.8. The summed E-state index contributed by atoms with van der Waals surface area (Å²) in [5.74, 6) is -0.445. The van der Waals surface area contributed by atoms with Crippen LogP contribution < -0.4 is 10.1 Å². The fourth-order valence-corrected chi connectivity index (χ4v) is 2.45. The molecule has 0 aliphatic carbocycles. The molecule has 7 nitrogen and oxygen atoms in total. The molecule has 0 atom stereocenters. The number of hydrogen-bond donors (Lipinski definition) is 1. The minimum Gasteiger partial charge on any atom is -0.497 e. The summed E-state index contributed by atoms with van der Waals surface area (Å²) < 4.78 is 10.0. The summed E-state index contributed by atoms with van der Waals surface area (Å²) in [5, 5.41) is 2.62. The van der Waals surface area contributed by atoms with Gasteiger partial charge in [-0.15, -0.1) is 0 Å². The summed E-state index contributed by atoms with van der Waals surface area (Å²) >= 11 is 0. The molecule has 130 valence electrons. The maximum absolute atomic E-state index is 11.8. The standard InChI is InChI=1S/C17H22N2O5/c1-23-14-7-5-6-13(10-14)18-15(20)12-24-17(22)11-19-9-4-2-3-8-16(19)21/h5-7,10H,2-4,8-9,11-12H2,1H3,(H,18,20). The van der Waals surface area contributed by atoms with Gasteiger partial charge in [-0.3, -0.25) is 14.4 Å². The van der Waals surface area contributed by atoms with Gasteiger partial charge in [0.2, 0.25) is 5.91 Å². The fourth-order valence-electron chi connectivity index (χ4n) is 2.45. The van der Waals surface area contributed by atoms with Crippen LogP contribution in [-0.2, 0) is 19.1 Å². The molecule has 1 fully saturated rings. The summed E-state index contributed by atoms with van der Waals surface area (Å²) in [6, 6.07) is 6.87. The Bertz CT molecular complexity index is 602. The number of carbonyl (C=O) groups excluding carboxylic acids is 3. The molecule has 1 aliphatic rings. The van der Waals surface area contributed by atoms with Gasteiger partial charge >= 0.3 is 5.97 Å². The molecule has 24 heavy (non-hydrogen) atoms. The van der Waals surface area contributed by atoms with Crippen LogP contribution in [-0.4, -0.2) is 49.5 Å². The molecule has 2 amide bonds. The normalized spacial score (nSPS) is 14.7. The van der Waals surface area contributed by atoms with E-state index in [1.165, 1.54) is 12.0 Å². The number of likely N-dealkylation sites (tertiary alicyclic amines) is 1. The molecular formula is C17H22N2O5. The summed E-state index contributed by atoms with van der Waals surface area (Å²) in [7, 11) is 1.53. The third-order valence-electron chi connectivity index (χ3n) is 3.71. The van der Waals surface area contributed by atoms with Crippen molar-refractivity contribution in [1.29, 1.82) is 0 Å². The zero-order chi connectivity index (χ0) is 17.4. The van der Waals surface area contributed by atoms with Crippen LogP contribution in [0.3, 0.4) is 0 Å². The van der Waals surface area contributed by atoms with Crippen molar-refractivity contribution in [2.75, 3.05) is 32.1 Å². The lowest BCUT2D eigenvalue weighted by atomic mass is 10.2. The second-order valence-corrected chi connectivity index (χ2v) is 5.57. The van der Waals surface area contributed by atoms with Gasteiger partial charge in [0.1, 0.15) is 12.3 Å². The minimum absolute atomic E-state index is 0.0368. The molecule has 1 saturated heterocycles. The first kappa shape index (κ1) is 17.8. The average molecular weight is 334 g/mol. The molecule has 1 aromatic rings. The van der Waals surface area contributed by atoms with E-state index in [4.69, 9.17) is 9.47 Å². The number of nitrogens with one attached hydrogen (secondary N) is 1. The van der Waals surface area contributed by atoms with Crippen LogP contribution in [0.1, 0.15) is 25.7 Å². The van der Waals surface area contributed by atoms with Gasteiger partial charge in [0.15, 0.2) is 6.61 Å². The molecule has 0 bridgehead atoms. The Kier molecular flexibility index (Phi) is 6.60. The zero-order valence-corrected chi connectivity index (χ0v) is 13.7. The average Bonchev–Trinajstić information content (AvgIpc) is 2.78. The molecular weight excluding hydrogens is 312 g/mol. The Morgan fingerprint density at radius 3 is 2.88 bits per heavy atom.